The smallest absolute Gasteiger partial charge is 0.251 e. The lowest BCUT2D eigenvalue weighted by atomic mass is 10.1. The molecule has 0 radical (unpaired) electrons. The van der Waals surface area contributed by atoms with E-state index in [1.807, 2.05) is 43.3 Å². The van der Waals surface area contributed by atoms with Gasteiger partial charge in [-0.2, -0.15) is 0 Å². The molecule has 1 atom stereocenters. The fraction of sp³-hybridized carbons (Fsp3) is 0.263. The summed E-state index contributed by atoms with van der Waals surface area (Å²) in [6, 6.07) is 16.1. The van der Waals surface area contributed by atoms with Crippen LogP contribution in [0, 0.1) is 6.92 Å². The van der Waals surface area contributed by atoms with Crippen LogP contribution in [0.4, 0.5) is 0 Å². The second-order valence-electron chi connectivity index (χ2n) is 6.20. The number of carbonyl (C=O) groups excluding carboxylic acids is 1. The summed E-state index contributed by atoms with van der Waals surface area (Å²) in [7, 11) is 0. The minimum Gasteiger partial charge on any atom is -0.348 e. The van der Waals surface area contributed by atoms with Crippen LogP contribution >= 0.6 is 24.8 Å². The van der Waals surface area contributed by atoms with E-state index < -0.39 is 0 Å². The topological polar surface area (TPSA) is 59.0 Å². The van der Waals surface area contributed by atoms with Crippen LogP contribution in [-0.4, -0.2) is 34.6 Å². The van der Waals surface area contributed by atoms with Crippen LogP contribution in [-0.2, 0) is 0 Å². The zero-order valence-electron chi connectivity index (χ0n) is 14.4. The van der Waals surface area contributed by atoms with Gasteiger partial charge < -0.3 is 10.6 Å². The van der Waals surface area contributed by atoms with Crippen LogP contribution in [0.15, 0.2) is 48.5 Å². The number of imidazole rings is 1. The average Bonchev–Trinajstić information content (AvgIpc) is 3.21. The lowest BCUT2D eigenvalue weighted by molar-refractivity contribution is 0.0940. The van der Waals surface area contributed by atoms with Crippen molar-refractivity contribution in [2.24, 2.45) is 0 Å². The standard InChI is InChI=1S/C19H20N4O.2ClH/c1-13-21-17-11-14(19(24)22-15-9-10-20-12-15)7-8-18(17)23(13)16-5-3-2-4-6-16;;/h2-8,11,15,20H,9-10,12H2,1H3,(H,22,24);2*1H. The number of benzene rings is 2. The molecule has 0 spiro atoms. The maximum Gasteiger partial charge on any atom is 0.251 e. The summed E-state index contributed by atoms with van der Waals surface area (Å²) in [5.74, 6) is 0.881. The quantitative estimate of drug-likeness (QED) is 0.718. The molecule has 138 valence electrons. The van der Waals surface area contributed by atoms with E-state index >= 15 is 0 Å². The molecule has 1 fully saturated rings. The average molecular weight is 393 g/mol. The number of fused-ring (bicyclic) bond motifs is 1. The van der Waals surface area contributed by atoms with Crippen LogP contribution in [0.5, 0.6) is 0 Å². The van der Waals surface area contributed by atoms with E-state index in [0.29, 0.717) is 5.56 Å². The summed E-state index contributed by atoms with van der Waals surface area (Å²) in [5.41, 5.74) is 3.59. The van der Waals surface area contributed by atoms with Crippen molar-refractivity contribution in [3.8, 4) is 5.69 Å². The van der Waals surface area contributed by atoms with Crippen molar-refractivity contribution in [1.82, 2.24) is 20.2 Å². The molecule has 0 bridgehead atoms. The van der Waals surface area contributed by atoms with Gasteiger partial charge in [-0.1, -0.05) is 18.2 Å². The Bertz CT molecular complexity index is 889. The SMILES string of the molecule is Cc1nc2cc(C(=O)NC3CCNC3)ccc2n1-c1ccccc1.Cl.Cl. The van der Waals surface area contributed by atoms with Crippen molar-refractivity contribution in [2.75, 3.05) is 13.1 Å². The van der Waals surface area contributed by atoms with Crippen LogP contribution in [0.25, 0.3) is 16.7 Å². The number of rotatable bonds is 3. The maximum absolute atomic E-state index is 12.4. The largest absolute Gasteiger partial charge is 0.348 e. The molecule has 1 saturated heterocycles. The summed E-state index contributed by atoms with van der Waals surface area (Å²) in [6.45, 7) is 3.79. The first-order chi connectivity index (χ1) is 11.7. The van der Waals surface area contributed by atoms with Gasteiger partial charge in [-0.05, 0) is 50.2 Å². The van der Waals surface area contributed by atoms with Crippen molar-refractivity contribution in [2.45, 2.75) is 19.4 Å². The molecule has 2 heterocycles. The van der Waals surface area contributed by atoms with Crippen molar-refractivity contribution >= 4 is 41.8 Å². The van der Waals surface area contributed by atoms with E-state index in [1.165, 1.54) is 0 Å². The van der Waals surface area contributed by atoms with Crippen molar-refractivity contribution in [1.29, 1.82) is 0 Å². The number of para-hydroxylation sites is 1. The summed E-state index contributed by atoms with van der Waals surface area (Å²) in [5, 5.41) is 6.33. The van der Waals surface area contributed by atoms with Crippen LogP contribution < -0.4 is 10.6 Å². The van der Waals surface area contributed by atoms with Gasteiger partial charge in [-0.15, -0.1) is 24.8 Å². The summed E-state index contributed by atoms with van der Waals surface area (Å²) in [6.07, 6.45) is 0.982. The van der Waals surface area contributed by atoms with Gasteiger partial charge in [0.25, 0.3) is 5.91 Å². The third-order valence-electron chi connectivity index (χ3n) is 4.49. The Balaban J connectivity index is 0.00000121. The van der Waals surface area contributed by atoms with Crippen LogP contribution in [0.1, 0.15) is 22.6 Å². The number of amides is 1. The molecule has 3 aromatic rings. The van der Waals surface area contributed by atoms with E-state index in [-0.39, 0.29) is 36.8 Å². The predicted octanol–water partition coefficient (Wildman–Crippen LogP) is 3.27. The fourth-order valence-electron chi connectivity index (χ4n) is 3.29. The van der Waals surface area contributed by atoms with Gasteiger partial charge in [0.1, 0.15) is 5.82 Å². The zero-order valence-corrected chi connectivity index (χ0v) is 16.1. The molecular weight excluding hydrogens is 371 g/mol. The number of aromatic nitrogens is 2. The number of aryl methyl sites for hydroxylation is 1. The third kappa shape index (κ3) is 3.85. The molecule has 2 aromatic carbocycles. The number of nitrogens with zero attached hydrogens (tertiary/aromatic N) is 2. The van der Waals surface area contributed by atoms with Crippen molar-refractivity contribution in [3.63, 3.8) is 0 Å². The monoisotopic (exact) mass is 392 g/mol. The van der Waals surface area contributed by atoms with E-state index in [2.05, 4.69) is 32.3 Å². The molecule has 1 amide bonds. The van der Waals surface area contributed by atoms with E-state index in [4.69, 9.17) is 0 Å². The Kier molecular flexibility index (Phi) is 6.64. The third-order valence-corrected chi connectivity index (χ3v) is 4.49. The maximum atomic E-state index is 12.4. The predicted molar refractivity (Wildman–Crippen MR) is 109 cm³/mol. The highest BCUT2D eigenvalue weighted by Crippen LogP contribution is 2.22. The van der Waals surface area contributed by atoms with Gasteiger partial charge in [0, 0.05) is 23.8 Å². The van der Waals surface area contributed by atoms with Crippen LogP contribution in [0.3, 0.4) is 0 Å². The van der Waals surface area contributed by atoms with Gasteiger partial charge in [-0.25, -0.2) is 4.98 Å². The van der Waals surface area contributed by atoms with Gasteiger partial charge in [0.05, 0.1) is 11.0 Å². The fourth-order valence-corrected chi connectivity index (χ4v) is 3.29. The number of hydrogen-bond donors (Lipinski definition) is 2. The molecule has 26 heavy (non-hydrogen) atoms. The van der Waals surface area contributed by atoms with E-state index in [1.54, 1.807) is 0 Å². The molecule has 0 saturated carbocycles. The molecule has 0 aliphatic carbocycles. The van der Waals surface area contributed by atoms with Crippen molar-refractivity contribution < 1.29 is 4.79 Å². The normalized spacial score (nSPS) is 16.0. The first-order valence-corrected chi connectivity index (χ1v) is 8.28. The van der Waals surface area contributed by atoms with Crippen LogP contribution in [0.2, 0.25) is 0 Å². The van der Waals surface area contributed by atoms with Gasteiger partial charge in [-0.3, -0.25) is 9.36 Å². The highest BCUT2D eigenvalue weighted by molar-refractivity contribution is 5.97. The van der Waals surface area contributed by atoms with Gasteiger partial charge in [0.2, 0.25) is 0 Å². The number of nitrogens with one attached hydrogen (secondary N) is 2. The van der Waals surface area contributed by atoms with E-state index in [9.17, 15) is 4.79 Å². The number of carbonyl (C=O) groups is 1. The second-order valence-corrected chi connectivity index (χ2v) is 6.20. The molecule has 4 rings (SSSR count). The second kappa shape index (κ2) is 8.54. The minimum absolute atomic E-state index is 0. The summed E-state index contributed by atoms with van der Waals surface area (Å²) in [4.78, 5) is 17.1. The number of halogens is 2. The molecule has 2 N–H and O–H groups in total. The van der Waals surface area contributed by atoms with Gasteiger partial charge in [0.15, 0.2) is 0 Å². The number of hydrogen-bond acceptors (Lipinski definition) is 3. The molecular formula is C19H22Cl2N4O. The zero-order chi connectivity index (χ0) is 16.5. The molecule has 1 aliphatic rings. The molecule has 1 aliphatic heterocycles. The first kappa shape index (κ1) is 20.2. The summed E-state index contributed by atoms with van der Waals surface area (Å²) >= 11 is 0. The van der Waals surface area contributed by atoms with Gasteiger partial charge >= 0.3 is 0 Å². The van der Waals surface area contributed by atoms with Crippen molar-refractivity contribution in [3.05, 3.63) is 59.9 Å². The Morgan fingerprint density at radius 3 is 2.65 bits per heavy atom. The highest BCUT2D eigenvalue weighted by atomic mass is 35.5. The Hall–Kier alpha value is -2.08. The lowest BCUT2D eigenvalue weighted by Crippen LogP contribution is -2.36. The first-order valence-electron chi connectivity index (χ1n) is 8.28. The lowest BCUT2D eigenvalue weighted by Gasteiger charge is -2.11. The van der Waals surface area contributed by atoms with E-state index in [0.717, 1.165) is 42.1 Å². The Morgan fingerprint density at radius 1 is 1.19 bits per heavy atom. The molecule has 7 heteroatoms. The minimum atomic E-state index is -0.0301. The molecule has 5 nitrogen and oxygen atoms in total. The molecule has 1 aromatic heterocycles. The summed E-state index contributed by atoms with van der Waals surface area (Å²) < 4.78 is 2.11. The highest BCUT2D eigenvalue weighted by Gasteiger charge is 2.18. The Labute approximate surface area is 165 Å². The Morgan fingerprint density at radius 2 is 1.96 bits per heavy atom. The molecule has 1 unspecified atom stereocenters.